The van der Waals surface area contributed by atoms with Crippen LogP contribution in [0.1, 0.15) is 25.8 Å². The molecule has 0 saturated carbocycles. The number of hydrogen-bond donors (Lipinski definition) is 2. The number of benzene rings is 1. The molecule has 1 aromatic carbocycles. The van der Waals surface area contributed by atoms with Crippen LogP contribution in [0, 0.1) is 5.82 Å². The molecule has 0 fully saturated rings. The largest absolute Gasteiger partial charge is 0.471 e. The van der Waals surface area contributed by atoms with E-state index in [1.807, 2.05) is 6.92 Å². The van der Waals surface area contributed by atoms with Crippen molar-refractivity contribution >= 4 is 11.6 Å². The Morgan fingerprint density at radius 2 is 1.90 bits per heavy atom. The molecule has 1 rings (SSSR count). The number of anilines is 1. The van der Waals surface area contributed by atoms with Crippen LogP contribution in [-0.4, -0.2) is 19.1 Å². The number of amides is 1. The fourth-order valence-corrected chi connectivity index (χ4v) is 1.73. The molecule has 0 heterocycles. The van der Waals surface area contributed by atoms with Gasteiger partial charge in [-0.3, -0.25) is 4.79 Å². The zero-order chi connectivity index (χ0) is 15.6. The summed E-state index contributed by atoms with van der Waals surface area (Å²) < 4.78 is 50.4. The molecule has 0 aliphatic carbocycles. The summed E-state index contributed by atoms with van der Waals surface area (Å²) in [6.07, 6.45) is -4.46. The van der Waals surface area contributed by atoms with Crippen LogP contribution in [0.5, 0.6) is 0 Å². The van der Waals surface area contributed by atoms with E-state index in [0.717, 1.165) is 12.1 Å². The molecule has 7 heteroatoms. The average molecular weight is 292 g/mol. The summed E-state index contributed by atoms with van der Waals surface area (Å²) in [7, 11) is 1.63. The topological polar surface area (TPSA) is 41.1 Å². The quantitative estimate of drug-likeness (QED) is 0.837. The SMILES string of the molecule is CCC(C)(NC)c1cc(NC(=O)C(F)(F)F)ccc1F. The van der Waals surface area contributed by atoms with Gasteiger partial charge in [0.1, 0.15) is 5.82 Å². The van der Waals surface area contributed by atoms with Gasteiger partial charge in [-0.1, -0.05) is 6.92 Å². The highest BCUT2D eigenvalue weighted by atomic mass is 19.4. The van der Waals surface area contributed by atoms with Gasteiger partial charge in [0, 0.05) is 16.8 Å². The summed E-state index contributed by atoms with van der Waals surface area (Å²) in [5, 5.41) is 4.63. The van der Waals surface area contributed by atoms with Gasteiger partial charge in [-0.15, -0.1) is 0 Å². The van der Waals surface area contributed by atoms with Crippen molar-refractivity contribution in [3.05, 3.63) is 29.6 Å². The van der Waals surface area contributed by atoms with Crippen LogP contribution >= 0.6 is 0 Å². The second-order valence-corrected chi connectivity index (χ2v) is 4.58. The lowest BCUT2D eigenvalue weighted by molar-refractivity contribution is -0.167. The Labute approximate surface area is 114 Å². The maximum absolute atomic E-state index is 13.8. The Balaban J connectivity index is 3.13. The first-order valence-corrected chi connectivity index (χ1v) is 6.01. The third kappa shape index (κ3) is 3.47. The van der Waals surface area contributed by atoms with Crippen molar-refractivity contribution in [2.75, 3.05) is 12.4 Å². The molecule has 0 spiro atoms. The van der Waals surface area contributed by atoms with Gasteiger partial charge < -0.3 is 10.6 Å². The van der Waals surface area contributed by atoms with Crippen molar-refractivity contribution in [3.63, 3.8) is 0 Å². The zero-order valence-electron chi connectivity index (χ0n) is 11.4. The molecule has 0 saturated heterocycles. The van der Waals surface area contributed by atoms with Crippen molar-refractivity contribution < 1.29 is 22.4 Å². The molecular formula is C13H16F4N2O. The van der Waals surface area contributed by atoms with E-state index in [2.05, 4.69) is 5.32 Å². The van der Waals surface area contributed by atoms with Gasteiger partial charge in [0.25, 0.3) is 0 Å². The zero-order valence-corrected chi connectivity index (χ0v) is 11.4. The van der Waals surface area contributed by atoms with E-state index in [-0.39, 0.29) is 11.3 Å². The third-order valence-electron chi connectivity index (χ3n) is 3.34. The minimum atomic E-state index is -4.98. The number of alkyl halides is 3. The van der Waals surface area contributed by atoms with Crippen molar-refractivity contribution in [1.29, 1.82) is 0 Å². The normalized spacial score (nSPS) is 14.8. The van der Waals surface area contributed by atoms with Gasteiger partial charge in [0.2, 0.25) is 0 Å². The van der Waals surface area contributed by atoms with Crippen molar-refractivity contribution in [2.45, 2.75) is 32.0 Å². The van der Waals surface area contributed by atoms with Crippen LogP contribution in [0.3, 0.4) is 0 Å². The maximum atomic E-state index is 13.8. The van der Waals surface area contributed by atoms with E-state index in [1.165, 1.54) is 6.07 Å². The van der Waals surface area contributed by atoms with Gasteiger partial charge >= 0.3 is 12.1 Å². The smallest absolute Gasteiger partial charge is 0.318 e. The highest BCUT2D eigenvalue weighted by Gasteiger charge is 2.39. The van der Waals surface area contributed by atoms with E-state index in [0.29, 0.717) is 6.42 Å². The van der Waals surface area contributed by atoms with Gasteiger partial charge in [0.05, 0.1) is 0 Å². The molecular weight excluding hydrogens is 276 g/mol. The molecule has 112 valence electrons. The Kier molecular flexibility index (Phi) is 4.75. The molecule has 1 unspecified atom stereocenters. The lowest BCUT2D eigenvalue weighted by Crippen LogP contribution is -2.37. The molecule has 1 amide bonds. The van der Waals surface area contributed by atoms with Crippen LogP contribution in [-0.2, 0) is 10.3 Å². The first-order valence-electron chi connectivity index (χ1n) is 6.01. The first kappa shape index (κ1) is 16.4. The third-order valence-corrected chi connectivity index (χ3v) is 3.34. The monoisotopic (exact) mass is 292 g/mol. The van der Waals surface area contributed by atoms with Gasteiger partial charge in [-0.25, -0.2) is 4.39 Å². The summed E-state index contributed by atoms with van der Waals surface area (Å²) in [6.45, 7) is 3.54. The lowest BCUT2D eigenvalue weighted by Gasteiger charge is -2.29. The molecule has 0 radical (unpaired) electrons. The van der Waals surface area contributed by atoms with Crippen LogP contribution in [0.2, 0.25) is 0 Å². The van der Waals surface area contributed by atoms with E-state index in [1.54, 1.807) is 19.3 Å². The number of rotatable bonds is 4. The Morgan fingerprint density at radius 1 is 1.30 bits per heavy atom. The van der Waals surface area contributed by atoms with Crippen LogP contribution in [0.25, 0.3) is 0 Å². The van der Waals surface area contributed by atoms with Crippen molar-refractivity contribution in [3.8, 4) is 0 Å². The Morgan fingerprint density at radius 3 is 2.35 bits per heavy atom. The maximum Gasteiger partial charge on any atom is 0.471 e. The second kappa shape index (κ2) is 5.78. The molecule has 1 atom stereocenters. The number of halogens is 4. The summed E-state index contributed by atoms with van der Waals surface area (Å²) in [4.78, 5) is 10.9. The highest BCUT2D eigenvalue weighted by Crippen LogP contribution is 2.29. The molecule has 20 heavy (non-hydrogen) atoms. The Bertz CT molecular complexity index is 496. The van der Waals surface area contributed by atoms with Crippen molar-refractivity contribution in [1.82, 2.24) is 5.32 Å². The first-order chi connectivity index (χ1) is 9.14. The molecule has 0 bridgehead atoms. The summed E-state index contributed by atoms with van der Waals surface area (Å²) in [5.41, 5.74) is -0.635. The van der Waals surface area contributed by atoms with Gasteiger partial charge in [0.15, 0.2) is 0 Å². The fourth-order valence-electron chi connectivity index (χ4n) is 1.73. The predicted octanol–water partition coefficient (Wildman–Crippen LogP) is 3.17. The number of carbonyl (C=O) groups excluding carboxylic acids is 1. The Hall–Kier alpha value is -1.63. The van der Waals surface area contributed by atoms with Crippen LogP contribution in [0.15, 0.2) is 18.2 Å². The van der Waals surface area contributed by atoms with E-state index < -0.39 is 23.4 Å². The number of carbonyl (C=O) groups is 1. The standard InChI is InChI=1S/C13H16F4N2O/c1-4-12(2,18-3)9-7-8(5-6-10(9)14)19-11(20)13(15,16)17/h5-7,18H,4H2,1-3H3,(H,19,20). The summed E-state index contributed by atoms with van der Waals surface area (Å²) >= 11 is 0. The summed E-state index contributed by atoms with van der Waals surface area (Å²) in [5.74, 6) is -2.63. The molecule has 3 nitrogen and oxygen atoms in total. The minimum Gasteiger partial charge on any atom is -0.318 e. The fraction of sp³-hybridized carbons (Fsp3) is 0.462. The van der Waals surface area contributed by atoms with Gasteiger partial charge in [-0.05, 0) is 38.6 Å². The van der Waals surface area contributed by atoms with Crippen LogP contribution in [0.4, 0.5) is 23.2 Å². The van der Waals surface area contributed by atoms with E-state index in [4.69, 9.17) is 0 Å². The average Bonchev–Trinajstić information content (AvgIpc) is 2.39. The molecule has 1 aromatic rings. The second-order valence-electron chi connectivity index (χ2n) is 4.58. The highest BCUT2D eigenvalue weighted by molar-refractivity contribution is 5.94. The van der Waals surface area contributed by atoms with E-state index in [9.17, 15) is 22.4 Å². The predicted molar refractivity (Wildman–Crippen MR) is 67.8 cm³/mol. The number of hydrogen-bond acceptors (Lipinski definition) is 2. The van der Waals surface area contributed by atoms with Crippen LogP contribution < -0.4 is 10.6 Å². The summed E-state index contributed by atoms with van der Waals surface area (Å²) in [6, 6.07) is 3.33. The van der Waals surface area contributed by atoms with Gasteiger partial charge in [-0.2, -0.15) is 13.2 Å². The minimum absolute atomic E-state index is 0.0985. The molecule has 2 N–H and O–H groups in total. The van der Waals surface area contributed by atoms with Crippen molar-refractivity contribution in [2.24, 2.45) is 0 Å². The molecule has 0 aromatic heterocycles. The lowest BCUT2D eigenvalue weighted by atomic mass is 9.88. The molecule has 0 aliphatic heterocycles. The number of nitrogens with one attached hydrogen (secondary N) is 2. The molecule has 0 aliphatic rings. The van der Waals surface area contributed by atoms with E-state index >= 15 is 0 Å².